The molecule has 0 aromatic heterocycles. The first-order valence-electron chi connectivity index (χ1n) is 10.0. The average molecular weight is 427 g/mol. The minimum absolute atomic E-state index is 0.0163. The number of carbonyl (C=O) groups is 2. The third kappa shape index (κ3) is 4.48. The number of nitrogens with zero attached hydrogens (tertiary/aromatic N) is 1. The van der Waals surface area contributed by atoms with E-state index >= 15 is 0 Å². The molecular formula is C23H26N2O2S2. The highest BCUT2D eigenvalue weighted by Gasteiger charge is 2.35. The molecule has 152 valence electrons. The van der Waals surface area contributed by atoms with E-state index in [0.29, 0.717) is 11.1 Å². The van der Waals surface area contributed by atoms with Crippen LogP contribution < -0.4 is 10.2 Å². The van der Waals surface area contributed by atoms with E-state index < -0.39 is 0 Å². The Labute approximate surface area is 180 Å². The van der Waals surface area contributed by atoms with E-state index in [1.807, 2.05) is 67.7 Å². The molecule has 1 N–H and O–H groups in total. The molecule has 4 nitrogen and oxygen atoms in total. The number of hydrogen-bond acceptors (Lipinski definition) is 4. The first-order valence-corrected chi connectivity index (χ1v) is 12.1. The van der Waals surface area contributed by atoms with Crippen LogP contribution in [0.2, 0.25) is 0 Å². The van der Waals surface area contributed by atoms with Crippen LogP contribution in [0.25, 0.3) is 0 Å². The van der Waals surface area contributed by atoms with Gasteiger partial charge in [-0.15, -0.1) is 23.5 Å². The van der Waals surface area contributed by atoms with E-state index in [9.17, 15) is 9.59 Å². The zero-order valence-electron chi connectivity index (χ0n) is 16.8. The zero-order valence-corrected chi connectivity index (χ0v) is 18.4. The summed E-state index contributed by atoms with van der Waals surface area (Å²) in [6.45, 7) is 4.50. The van der Waals surface area contributed by atoms with Crippen LogP contribution in [0, 0.1) is 19.8 Å². The van der Waals surface area contributed by atoms with Gasteiger partial charge in [-0.05, 0) is 66.7 Å². The quantitative estimate of drug-likeness (QED) is 0.733. The van der Waals surface area contributed by atoms with Crippen molar-refractivity contribution in [2.45, 2.75) is 31.3 Å². The van der Waals surface area contributed by atoms with Gasteiger partial charge < -0.3 is 10.2 Å². The van der Waals surface area contributed by atoms with Gasteiger partial charge in [-0.3, -0.25) is 9.59 Å². The van der Waals surface area contributed by atoms with Crippen molar-refractivity contribution in [2.75, 3.05) is 28.3 Å². The molecule has 0 bridgehead atoms. The van der Waals surface area contributed by atoms with Crippen LogP contribution in [0.15, 0.2) is 42.5 Å². The van der Waals surface area contributed by atoms with Crippen LogP contribution in [0.3, 0.4) is 0 Å². The van der Waals surface area contributed by atoms with Crippen molar-refractivity contribution in [2.24, 2.45) is 5.92 Å². The van der Waals surface area contributed by atoms with Gasteiger partial charge in [0, 0.05) is 24.3 Å². The molecule has 0 radical (unpaired) electrons. The van der Waals surface area contributed by atoms with Gasteiger partial charge in [-0.25, -0.2) is 0 Å². The second kappa shape index (κ2) is 8.84. The molecule has 2 heterocycles. The lowest BCUT2D eigenvalue weighted by Crippen LogP contribution is -2.28. The predicted molar refractivity (Wildman–Crippen MR) is 124 cm³/mol. The highest BCUT2D eigenvalue weighted by atomic mass is 32.2. The lowest BCUT2D eigenvalue weighted by atomic mass is 10.1. The van der Waals surface area contributed by atoms with E-state index in [1.54, 1.807) is 4.90 Å². The van der Waals surface area contributed by atoms with Gasteiger partial charge in [0.2, 0.25) is 11.8 Å². The highest BCUT2D eigenvalue weighted by molar-refractivity contribution is 8.16. The van der Waals surface area contributed by atoms with Gasteiger partial charge in [0.25, 0.3) is 0 Å². The van der Waals surface area contributed by atoms with E-state index in [4.69, 9.17) is 0 Å². The molecule has 2 aromatic rings. The summed E-state index contributed by atoms with van der Waals surface area (Å²) < 4.78 is 0.438. The molecule has 2 aromatic carbocycles. The van der Waals surface area contributed by atoms with E-state index in [0.717, 1.165) is 22.5 Å². The molecule has 1 atom stereocenters. The first kappa shape index (κ1) is 20.4. The molecule has 29 heavy (non-hydrogen) atoms. The van der Waals surface area contributed by atoms with Crippen LogP contribution in [0.4, 0.5) is 11.4 Å². The maximum Gasteiger partial charge on any atom is 0.229 e. The Hall–Kier alpha value is -1.92. The van der Waals surface area contributed by atoms with Gasteiger partial charge in [0.1, 0.15) is 0 Å². The van der Waals surface area contributed by atoms with Crippen molar-refractivity contribution in [1.29, 1.82) is 0 Å². The number of thioether (sulfide) groups is 2. The minimum atomic E-state index is -0.329. The molecule has 0 aliphatic carbocycles. The number of benzene rings is 2. The Kier molecular flexibility index (Phi) is 6.20. The van der Waals surface area contributed by atoms with Crippen molar-refractivity contribution in [3.8, 4) is 0 Å². The topological polar surface area (TPSA) is 49.4 Å². The van der Waals surface area contributed by atoms with Gasteiger partial charge in [0.15, 0.2) is 0 Å². The van der Waals surface area contributed by atoms with Gasteiger partial charge in [-0.1, -0.05) is 24.3 Å². The molecule has 2 fully saturated rings. The maximum atomic E-state index is 12.9. The molecule has 2 amide bonds. The molecule has 0 spiro atoms. The molecule has 2 saturated heterocycles. The summed E-state index contributed by atoms with van der Waals surface area (Å²) in [7, 11) is 0. The third-order valence-electron chi connectivity index (χ3n) is 5.62. The second-order valence-electron chi connectivity index (χ2n) is 7.67. The molecule has 6 heteroatoms. The SMILES string of the molecule is Cc1cccc(N2CC(C(=O)Nc3cccc(C4SCCCS4)c3)CC2=O)c1C. The third-order valence-corrected chi connectivity index (χ3v) is 8.63. The van der Waals surface area contributed by atoms with Gasteiger partial charge in [-0.2, -0.15) is 0 Å². The molecule has 2 aliphatic heterocycles. The summed E-state index contributed by atoms with van der Waals surface area (Å²) in [5.41, 5.74) is 5.23. The monoisotopic (exact) mass is 426 g/mol. The average Bonchev–Trinajstić information content (AvgIpc) is 3.12. The van der Waals surface area contributed by atoms with Gasteiger partial charge in [0.05, 0.1) is 10.5 Å². The summed E-state index contributed by atoms with van der Waals surface area (Å²) in [4.78, 5) is 27.2. The number of carbonyl (C=O) groups excluding carboxylic acids is 2. The number of anilines is 2. The predicted octanol–water partition coefficient (Wildman–Crippen LogP) is 5.16. The van der Waals surface area contributed by atoms with Crippen molar-refractivity contribution < 1.29 is 9.59 Å². The summed E-state index contributed by atoms with van der Waals surface area (Å²) >= 11 is 3.94. The Morgan fingerprint density at radius 1 is 1.10 bits per heavy atom. The van der Waals surface area contributed by atoms with Crippen molar-refractivity contribution in [1.82, 2.24) is 0 Å². The normalized spacial score (nSPS) is 20.1. The van der Waals surface area contributed by atoms with Gasteiger partial charge >= 0.3 is 0 Å². The van der Waals surface area contributed by atoms with E-state index in [1.165, 1.54) is 23.5 Å². The Bertz CT molecular complexity index is 925. The van der Waals surface area contributed by atoms with Crippen molar-refractivity contribution in [3.05, 3.63) is 59.2 Å². The molecular weight excluding hydrogens is 400 g/mol. The Morgan fingerprint density at radius 3 is 2.66 bits per heavy atom. The standard InChI is InChI=1S/C23H26N2O2S2/c1-15-6-3-9-20(16(15)2)25-14-18(13-21(25)26)22(27)24-19-8-4-7-17(12-19)23-28-10-5-11-29-23/h3-4,6-9,12,18,23H,5,10-11,13-14H2,1-2H3,(H,24,27). The van der Waals surface area contributed by atoms with Crippen LogP contribution in [0.5, 0.6) is 0 Å². The Balaban J connectivity index is 1.44. The number of nitrogens with one attached hydrogen (secondary N) is 1. The molecule has 0 saturated carbocycles. The smallest absolute Gasteiger partial charge is 0.229 e. The van der Waals surface area contributed by atoms with E-state index in [2.05, 4.69) is 17.4 Å². The van der Waals surface area contributed by atoms with Crippen LogP contribution >= 0.6 is 23.5 Å². The fraction of sp³-hybridized carbons (Fsp3) is 0.391. The molecule has 1 unspecified atom stereocenters. The van der Waals surface area contributed by atoms with Crippen molar-refractivity contribution in [3.63, 3.8) is 0 Å². The summed E-state index contributed by atoms with van der Waals surface area (Å²) in [5.74, 6) is 1.98. The number of amides is 2. The van der Waals surface area contributed by atoms with E-state index in [-0.39, 0.29) is 24.2 Å². The lowest BCUT2D eigenvalue weighted by Gasteiger charge is -2.22. The second-order valence-corrected chi connectivity index (χ2v) is 10.4. The zero-order chi connectivity index (χ0) is 20.4. The summed E-state index contributed by atoms with van der Waals surface area (Å²) in [6, 6.07) is 14.1. The fourth-order valence-corrected chi connectivity index (χ4v) is 6.70. The van der Waals surface area contributed by atoms with Crippen LogP contribution in [0.1, 0.15) is 34.1 Å². The number of aryl methyl sites for hydroxylation is 1. The summed E-state index contributed by atoms with van der Waals surface area (Å²) in [6.07, 6.45) is 1.52. The number of hydrogen-bond donors (Lipinski definition) is 1. The summed E-state index contributed by atoms with van der Waals surface area (Å²) in [5, 5.41) is 3.05. The largest absolute Gasteiger partial charge is 0.326 e. The maximum absolute atomic E-state index is 12.9. The number of rotatable bonds is 4. The lowest BCUT2D eigenvalue weighted by molar-refractivity contribution is -0.122. The van der Waals surface area contributed by atoms with Crippen LogP contribution in [-0.2, 0) is 9.59 Å². The first-order chi connectivity index (χ1) is 14.0. The Morgan fingerprint density at radius 2 is 1.86 bits per heavy atom. The molecule has 4 rings (SSSR count). The minimum Gasteiger partial charge on any atom is -0.326 e. The fourth-order valence-electron chi connectivity index (χ4n) is 3.83. The van der Waals surface area contributed by atoms with Crippen molar-refractivity contribution >= 4 is 46.7 Å². The van der Waals surface area contributed by atoms with Crippen LogP contribution in [-0.4, -0.2) is 29.9 Å². The highest BCUT2D eigenvalue weighted by Crippen LogP contribution is 2.44. The molecule has 2 aliphatic rings.